The molecule has 0 fully saturated rings. The van der Waals surface area contributed by atoms with Gasteiger partial charge in [-0.15, -0.1) is 9.97 Å². The maximum Gasteiger partial charge on any atom is 0.301 e. The van der Waals surface area contributed by atoms with Gasteiger partial charge in [0.05, 0.1) is 0 Å². The molecule has 0 bridgehead atoms. The summed E-state index contributed by atoms with van der Waals surface area (Å²) in [6.07, 6.45) is 0. The molecule has 0 amide bonds. The van der Waals surface area contributed by atoms with Gasteiger partial charge in [0, 0.05) is 0 Å². The minimum Gasteiger partial charge on any atom is -0.370 e. The maximum absolute atomic E-state index is 15.2. The lowest BCUT2D eigenvalue weighted by Gasteiger charge is -2.33. The molecule has 44 heavy (non-hydrogen) atoms. The minimum atomic E-state index is -2.65. The fourth-order valence-corrected chi connectivity index (χ4v) is 3.93. The summed E-state index contributed by atoms with van der Waals surface area (Å²) in [4.78, 5) is 19.7. The minimum absolute atomic E-state index is 0.117. The number of hydrogen-bond acceptors (Lipinski definition) is 8. The van der Waals surface area contributed by atoms with E-state index in [0.717, 1.165) is 0 Å². The molecule has 2 aromatic heterocycles. The second-order valence-corrected chi connectivity index (χ2v) is 8.04. The summed E-state index contributed by atoms with van der Waals surface area (Å²) >= 11 is 0. The van der Waals surface area contributed by atoms with Gasteiger partial charge in [0.2, 0.25) is 11.6 Å². The van der Waals surface area contributed by atoms with Crippen molar-refractivity contribution in [3.05, 3.63) is 92.4 Å². The average molecular weight is 618 g/mol. The van der Waals surface area contributed by atoms with Gasteiger partial charge in [0.25, 0.3) is 11.6 Å². The van der Waals surface area contributed by atoms with Crippen molar-refractivity contribution in [2.45, 2.75) is 0 Å². The first-order chi connectivity index (χ1) is 20.8. The molecule has 3 heterocycles. The van der Waals surface area contributed by atoms with Crippen LogP contribution in [0.3, 0.4) is 0 Å². The zero-order valence-corrected chi connectivity index (χ0v) is 20.3. The summed E-state index contributed by atoms with van der Waals surface area (Å²) in [5.41, 5.74) is -5.97. The van der Waals surface area contributed by atoms with Crippen molar-refractivity contribution in [2.75, 3.05) is 9.80 Å². The van der Waals surface area contributed by atoms with Gasteiger partial charge in [-0.2, -0.15) is 10.5 Å². The Labute approximate surface area is 235 Å². The smallest absolute Gasteiger partial charge is 0.301 e. The second kappa shape index (κ2) is 10.1. The molecule has 0 aliphatic carbocycles. The lowest BCUT2D eigenvalue weighted by Crippen LogP contribution is -2.31. The largest absolute Gasteiger partial charge is 0.370 e. The van der Waals surface area contributed by atoms with E-state index in [4.69, 9.17) is 13.1 Å². The van der Waals surface area contributed by atoms with Gasteiger partial charge in [0.1, 0.15) is 23.5 Å². The van der Waals surface area contributed by atoms with E-state index in [1.807, 2.05) is 0 Å². The average Bonchev–Trinajstić information content (AvgIpc) is 3.03. The van der Waals surface area contributed by atoms with Crippen LogP contribution in [0.1, 0.15) is 11.4 Å². The molecule has 0 radical (unpaired) electrons. The Bertz CT molecular complexity index is 1870. The number of halogens is 10. The summed E-state index contributed by atoms with van der Waals surface area (Å²) in [6, 6.07) is 2.64. The molecule has 0 saturated heterocycles. The van der Waals surface area contributed by atoms with Gasteiger partial charge in [-0.25, -0.2) is 63.7 Å². The predicted octanol–water partition coefficient (Wildman–Crippen LogP) is 6.76. The molecular weight excluding hydrogens is 618 g/mol. The van der Waals surface area contributed by atoms with Crippen LogP contribution in [0.2, 0.25) is 0 Å². The van der Waals surface area contributed by atoms with Gasteiger partial charge < -0.3 is 9.69 Å². The second-order valence-electron chi connectivity index (χ2n) is 8.04. The zero-order valence-electron chi connectivity index (χ0n) is 20.3. The predicted molar refractivity (Wildman–Crippen MR) is 122 cm³/mol. The van der Waals surface area contributed by atoms with Gasteiger partial charge in [0.15, 0.2) is 69.6 Å². The molecule has 216 valence electrons. The molecule has 4 aromatic rings. The molecule has 20 heteroatoms. The summed E-state index contributed by atoms with van der Waals surface area (Å²) in [5.74, 6) is -33.3. The Morgan fingerprint density at radius 2 is 0.705 bits per heavy atom. The fourth-order valence-electron chi connectivity index (χ4n) is 3.93. The molecule has 0 saturated carbocycles. The van der Waals surface area contributed by atoms with E-state index in [1.165, 1.54) is 12.1 Å². The Morgan fingerprint density at radius 1 is 0.455 bits per heavy atom. The summed E-state index contributed by atoms with van der Waals surface area (Å²) < 4.78 is 146. The van der Waals surface area contributed by atoms with Gasteiger partial charge in [-0.05, 0) is 0 Å². The van der Waals surface area contributed by atoms with Gasteiger partial charge >= 0.3 is 11.6 Å². The van der Waals surface area contributed by atoms with E-state index in [2.05, 4.69) is 29.6 Å². The number of fused-ring (bicyclic) bond motifs is 2. The number of nitriles is 2. The van der Waals surface area contributed by atoms with Crippen LogP contribution < -0.4 is 9.80 Å². The third-order valence-electron chi connectivity index (χ3n) is 5.77. The Balaban J connectivity index is 2.08. The van der Waals surface area contributed by atoms with Crippen LogP contribution in [0.4, 0.5) is 90.2 Å². The van der Waals surface area contributed by atoms with Crippen molar-refractivity contribution in [3.63, 3.8) is 0 Å². The van der Waals surface area contributed by atoms with Crippen molar-refractivity contribution in [2.24, 2.45) is 0 Å². The van der Waals surface area contributed by atoms with Crippen molar-refractivity contribution < 1.29 is 43.9 Å². The van der Waals surface area contributed by atoms with Crippen LogP contribution in [0.5, 0.6) is 0 Å². The highest BCUT2D eigenvalue weighted by atomic mass is 19.2. The topological polar surface area (TPSA) is 114 Å². The number of benzene rings is 2. The lowest BCUT2D eigenvalue weighted by molar-refractivity contribution is 0.380. The molecule has 0 unspecified atom stereocenters. The highest BCUT2D eigenvalue weighted by molar-refractivity contribution is 5.97. The van der Waals surface area contributed by atoms with Gasteiger partial charge in [-0.1, -0.05) is 13.1 Å². The summed E-state index contributed by atoms with van der Waals surface area (Å²) in [5, 5.41) is 18.9. The maximum atomic E-state index is 15.2. The van der Waals surface area contributed by atoms with Crippen molar-refractivity contribution in [1.29, 1.82) is 10.5 Å². The van der Waals surface area contributed by atoms with Gasteiger partial charge in [-0.3, -0.25) is 0 Å². The van der Waals surface area contributed by atoms with Crippen LogP contribution in [-0.2, 0) is 0 Å². The van der Waals surface area contributed by atoms with E-state index in [-0.39, 0.29) is 9.80 Å². The third kappa shape index (κ3) is 3.79. The summed E-state index contributed by atoms with van der Waals surface area (Å²) in [7, 11) is 0. The first kappa shape index (κ1) is 29.0. The Hall–Kier alpha value is -6.54. The van der Waals surface area contributed by atoms with E-state index >= 15 is 17.6 Å². The van der Waals surface area contributed by atoms with E-state index in [9.17, 15) is 36.9 Å². The van der Waals surface area contributed by atoms with Crippen molar-refractivity contribution in [3.8, 4) is 12.1 Å². The first-order valence-electron chi connectivity index (χ1n) is 10.9. The number of rotatable bonds is 2. The first-order valence-corrected chi connectivity index (χ1v) is 10.9. The molecule has 10 nitrogen and oxygen atoms in total. The summed E-state index contributed by atoms with van der Waals surface area (Å²) in [6.45, 7) is 14.5. The van der Waals surface area contributed by atoms with E-state index < -0.39 is 116 Å². The highest BCUT2D eigenvalue weighted by Crippen LogP contribution is 2.55. The zero-order chi connectivity index (χ0) is 32.4. The molecule has 0 spiro atoms. The monoisotopic (exact) mass is 618 g/mol. The fraction of sp³-hybridized carbons (Fsp3) is 0. The van der Waals surface area contributed by atoms with Crippen molar-refractivity contribution >= 4 is 46.3 Å². The molecule has 0 atom stereocenters. The molecule has 0 N–H and O–H groups in total. The number of hydrogen-bond donors (Lipinski definition) is 0. The van der Waals surface area contributed by atoms with Crippen LogP contribution >= 0.6 is 0 Å². The third-order valence-corrected chi connectivity index (χ3v) is 5.77. The SMILES string of the molecule is [C-]#[N+]c1nc2c(nc1[N+]#[C-])N(c1c(F)c(F)c(F)c(F)c1F)c1nc(C#N)c(C#N)nc1N2c1c(F)c(F)c(F)c(F)c1F. The van der Waals surface area contributed by atoms with E-state index in [0.29, 0.717) is 0 Å². The highest BCUT2D eigenvalue weighted by Gasteiger charge is 2.47. The number of aromatic nitrogens is 4. The standard InChI is InChI=1S/C24F10N10/c1-37-19-20(38-2)42-24-23(41-19)43(17-13(31)9(27)7(25)10(28)14(17)32)21-22(40-6(4-36)5(3-35)39-21)44(24)18-15(33)11(29)8(26)12(30)16(18)34. The van der Waals surface area contributed by atoms with Crippen LogP contribution in [0, 0.1) is 94.0 Å². The molecule has 1 aliphatic rings. The molecule has 1 aliphatic heterocycles. The number of nitrogens with zero attached hydrogens (tertiary/aromatic N) is 10. The quantitative estimate of drug-likeness (QED) is 0.0924. The molecular formula is C24F10N10. The number of anilines is 6. The lowest BCUT2D eigenvalue weighted by atomic mass is 10.1. The Morgan fingerprint density at radius 3 is 0.955 bits per heavy atom. The van der Waals surface area contributed by atoms with Crippen LogP contribution in [0.15, 0.2) is 0 Å². The normalized spacial score (nSPS) is 11.7. The molecule has 5 rings (SSSR count). The van der Waals surface area contributed by atoms with Crippen molar-refractivity contribution in [1.82, 2.24) is 19.9 Å². The van der Waals surface area contributed by atoms with Crippen LogP contribution in [0.25, 0.3) is 9.69 Å². The van der Waals surface area contributed by atoms with E-state index in [1.54, 1.807) is 0 Å². The Kier molecular flexibility index (Phi) is 6.63. The molecule has 2 aromatic carbocycles. The van der Waals surface area contributed by atoms with Crippen LogP contribution in [-0.4, -0.2) is 19.9 Å².